The van der Waals surface area contributed by atoms with Gasteiger partial charge in [0, 0.05) is 5.56 Å². The van der Waals surface area contributed by atoms with Crippen LogP contribution in [-0.2, 0) is 16.1 Å². The maximum absolute atomic E-state index is 13.0. The fourth-order valence-electron chi connectivity index (χ4n) is 0.990. The average molecular weight is 198 g/mol. The topological polar surface area (TPSA) is 66.8 Å². The number of benzene rings is 1. The summed E-state index contributed by atoms with van der Waals surface area (Å²) in [5.41, 5.74) is 0.249. The van der Waals surface area contributed by atoms with Crippen LogP contribution in [0, 0.1) is 5.82 Å². The van der Waals surface area contributed by atoms with Gasteiger partial charge in [-0.15, -0.1) is 0 Å². The van der Waals surface area contributed by atoms with Crippen LogP contribution in [0.2, 0.25) is 0 Å². The SMILES string of the molecule is O=COCc1cc(B(O)O)ccc1F. The zero-order chi connectivity index (χ0) is 10.6. The smallest absolute Gasteiger partial charge is 0.463 e. The maximum atomic E-state index is 13.0. The number of carbonyl (C=O) groups is 1. The molecule has 4 nitrogen and oxygen atoms in total. The summed E-state index contributed by atoms with van der Waals surface area (Å²) >= 11 is 0. The van der Waals surface area contributed by atoms with Gasteiger partial charge in [-0.05, 0) is 11.5 Å². The number of rotatable bonds is 4. The molecular formula is C8H8BFO4. The molecule has 1 aromatic carbocycles. The molecule has 0 saturated heterocycles. The molecule has 0 aromatic heterocycles. The van der Waals surface area contributed by atoms with Crippen LogP contribution in [0.3, 0.4) is 0 Å². The second-order valence-corrected chi connectivity index (χ2v) is 2.63. The Labute approximate surface area is 80.1 Å². The molecule has 0 aliphatic heterocycles. The van der Waals surface area contributed by atoms with E-state index in [0.717, 1.165) is 6.07 Å². The minimum atomic E-state index is -1.66. The molecule has 1 aromatic rings. The van der Waals surface area contributed by atoms with Crippen LogP contribution in [0.1, 0.15) is 5.56 Å². The van der Waals surface area contributed by atoms with E-state index in [1.807, 2.05) is 0 Å². The molecule has 0 radical (unpaired) electrons. The molecule has 0 spiro atoms. The first-order chi connectivity index (χ1) is 6.65. The van der Waals surface area contributed by atoms with E-state index in [4.69, 9.17) is 10.0 Å². The Morgan fingerprint density at radius 1 is 1.50 bits per heavy atom. The van der Waals surface area contributed by atoms with Gasteiger partial charge in [0.05, 0.1) is 0 Å². The molecule has 0 atom stereocenters. The molecule has 0 bridgehead atoms. The number of hydrogen-bond donors (Lipinski definition) is 2. The third-order valence-corrected chi connectivity index (χ3v) is 1.67. The Hall–Kier alpha value is -1.40. The van der Waals surface area contributed by atoms with Gasteiger partial charge >= 0.3 is 7.12 Å². The van der Waals surface area contributed by atoms with E-state index in [1.54, 1.807) is 0 Å². The van der Waals surface area contributed by atoms with Crippen LogP contribution < -0.4 is 5.46 Å². The van der Waals surface area contributed by atoms with Crippen molar-refractivity contribution in [3.63, 3.8) is 0 Å². The Morgan fingerprint density at radius 3 is 2.79 bits per heavy atom. The van der Waals surface area contributed by atoms with E-state index in [1.165, 1.54) is 12.1 Å². The number of ether oxygens (including phenoxy) is 1. The van der Waals surface area contributed by atoms with Crippen molar-refractivity contribution in [1.82, 2.24) is 0 Å². The summed E-state index contributed by atoms with van der Waals surface area (Å²) in [6, 6.07) is 3.55. The molecule has 0 unspecified atom stereocenters. The van der Waals surface area contributed by atoms with Crippen molar-refractivity contribution in [3.05, 3.63) is 29.6 Å². The summed E-state index contributed by atoms with van der Waals surface area (Å²) in [6.45, 7) is -0.0304. The third-order valence-electron chi connectivity index (χ3n) is 1.67. The monoisotopic (exact) mass is 198 g/mol. The molecule has 2 N–H and O–H groups in total. The molecule has 0 aliphatic rings. The number of carbonyl (C=O) groups excluding carboxylic acids is 1. The molecule has 0 amide bonds. The van der Waals surface area contributed by atoms with Crippen LogP contribution in [0.4, 0.5) is 4.39 Å². The molecule has 6 heteroatoms. The molecule has 14 heavy (non-hydrogen) atoms. The molecule has 74 valence electrons. The highest BCUT2D eigenvalue weighted by Gasteiger charge is 2.13. The van der Waals surface area contributed by atoms with Crippen molar-refractivity contribution in [3.8, 4) is 0 Å². The summed E-state index contributed by atoms with van der Waals surface area (Å²) in [4.78, 5) is 9.86. The van der Waals surface area contributed by atoms with Crippen molar-refractivity contribution in [2.24, 2.45) is 0 Å². The van der Waals surface area contributed by atoms with Gasteiger partial charge in [-0.3, -0.25) is 4.79 Å². The van der Waals surface area contributed by atoms with Crippen LogP contribution >= 0.6 is 0 Å². The van der Waals surface area contributed by atoms with Crippen molar-refractivity contribution >= 4 is 19.1 Å². The van der Waals surface area contributed by atoms with E-state index in [9.17, 15) is 9.18 Å². The largest absolute Gasteiger partial charge is 0.488 e. The van der Waals surface area contributed by atoms with Gasteiger partial charge < -0.3 is 14.8 Å². The van der Waals surface area contributed by atoms with Crippen LogP contribution in [0.5, 0.6) is 0 Å². The predicted octanol–water partition coefficient (Wildman–Crippen LogP) is -0.822. The fourth-order valence-corrected chi connectivity index (χ4v) is 0.990. The Balaban J connectivity index is 2.90. The number of halogens is 1. The quantitative estimate of drug-likeness (QED) is 0.489. The average Bonchev–Trinajstić information content (AvgIpc) is 2.16. The van der Waals surface area contributed by atoms with Gasteiger partial charge in [0.15, 0.2) is 0 Å². The summed E-state index contributed by atoms with van der Waals surface area (Å²) in [7, 11) is -1.66. The highest BCUT2D eigenvalue weighted by molar-refractivity contribution is 6.58. The lowest BCUT2D eigenvalue weighted by molar-refractivity contribution is -0.129. The highest BCUT2D eigenvalue weighted by atomic mass is 19.1. The summed E-state index contributed by atoms with van der Waals surface area (Å²) in [6.07, 6.45) is 0. The van der Waals surface area contributed by atoms with Gasteiger partial charge in [0.25, 0.3) is 6.47 Å². The highest BCUT2D eigenvalue weighted by Crippen LogP contribution is 2.06. The lowest BCUT2D eigenvalue weighted by atomic mass is 9.79. The first-order valence-corrected chi connectivity index (χ1v) is 3.85. The zero-order valence-electron chi connectivity index (χ0n) is 7.18. The molecule has 0 fully saturated rings. The Morgan fingerprint density at radius 2 is 2.21 bits per heavy atom. The Kier molecular flexibility index (Phi) is 3.61. The van der Waals surface area contributed by atoms with E-state index < -0.39 is 12.9 Å². The summed E-state index contributed by atoms with van der Waals surface area (Å²) in [5.74, 6) is -0.559. The molecule has 0 aliphatic carbocycles. The van der Waals surface area contributed by atoms with Crippen molar-refractivity contribution in [2.75, 3.05) is 0 Å². The minimum Gasteiger partial charge on any atom is -0.463 e. The minimum absolute atomic E-state index is 0.0997. The van der Waals surface area contributed by atoms with Crippen LogP contribution in [-0.4, -0.2) is 23.6 Å². The Bertz CT molecular complexity index is 329. The lowest BCUT2D eigenvalue weighted by Gasteiger charge is -2.04. The van der Waals surface area contributed by atoms with Crippen LogP contribution in [0.25, 0.3) is 0 Å². The standard InChI is InChI=1S/C8H8BFO4/c10-8-2-1-7(9(12)13)3-6(8)4-14-5-11/h1-3,5,12-13H,4H2. The van der Waals surface area contributed by atoms with Gasteiger partial charge in [-0.25, -0.2) is 4.39 Å². The zero-order valence-corrected chi connectivity index (χ0v) is 7.18. The molecular weight excluding hydrogens is 190 g/mol. The van der Waals surface area contributed by atoms with Crippen LogP contribution in [0.15, 0.2) is 18.2 Å². The maximum Gasteiger partial charge on any atom is 0.488 e. The fraction of sp³-hybridized carbons (Fsp3) is 0.125. The van der Waals surface area contributed by atoms with Gasteiger partial charge in [-0.1, -0.05) is 12.1 Å². The molecule has 1 rings (SSSR count). The van der Waals surface area contributed by atoms with E-state index in [0.29, 0.717) is 0 Å². The first kappa shape index (κ1) is 10.7. The second-order valence-electron chi connectivity index (χ2n) is 2.63. The van der Waals surface area contributed by atoms with E-state index >= 15 is 0 Å². The molecule has 0 saturated carbocycles. The third kappa shape index (κ3) is 2.55. The van der Waals surface area contributed by atoms with Crippen molar-refractivity contribution < 1.29 is 24.0 Å². The molecule has 0 heterocycles. The van der Waals surface area contributed by atoms with Crippen molar-refractivity contribution in [1.29, 1.82) is 0 Å². The normalized spacial score (nSPS) is 9.64. The predicted molar refractivity (Wildman–Crippen MR) is 47.1 cm³/mol. The van der Waals surface area contributed by atoms with Gasteiger partial charge in [0.1, 0.15) is 12.4 Å². The summed E-state index contributed by atoms with van der Waals surface area (Å²) < 4.78 is 17.3. The van der Waals surface area contributed by atoms with Gasteiger partial charge in [0.2, 0.25) is 0 Å². The first-order valence-electron chi connectivity index (χ1n) is 3.85. The number of hydrogen-bond acceptors (Lipinski definition) is 4. The summed E-state index contributed by atoms with van der Waals surface area (Å²) in [5, 5.41) is 17.6. The van der Waals surface area contributed by atoms with Gasteiger partial charge in [-0.2, -0.15) is 0 Å². The second kappa shape index (κ2) is 4.73. The lowest BCUT2D eigenvalue weighted by Crippen LogP contribution is -2.30. The van der Waals surface area contributed by atoms with E-state index in [-0.39, 0.29) is 24.1 Å². The van der Waals surface area contributed by atoms with E-state index in [2.05, 4.69) is 4.74 Å². The van der Waals surface area contributed by atoms with Crippen molar-refractivity contribution in [2.45, 2.75) is 6.61 Å².